The Morgan fingerprint density at radius 1 is 1.14 bits per heavy atom. The minimum atomic E-state index is -0.0184. The number of likely N-dealkylation sites (N-methyl/N-ethyl adjacent to an activating group) is 1. The van der Waals surface area contributed by atoms with E-state index in [1.54, 1.807) is 30.2 Å². The lowest BCUT2D eigenvalue weighted by Crippen LogP contribution is -2.35. The first kappa shape index (κ1) is 20.5. The van der Waals surface area contributed by atoms with E-state index in [2.05, 4.69) is 4.90 Å². The molecule has 0 radical (unpaired) electrons. The lowest BCUT2D eigenvalue weighted by molar-refractivity contribution is 0.0782. The number of halogens is 1. The SMILES string of the molecule is COc1cc(C(=O)N(C)CCN2CCCC2)ccc1OCc1ccccc1Cl. The van der Waals surface area contributed by atoms with Gasteiger partial charge in [-0.3, -0.25) is 4.79 Å². The summed E-state index contributed by atoms with van der Waals surface area (Å²) in [5, 5.41) is 0.660. The summed E-state index contributed by atoms with van der Waals surface area (Å²) in [6.07, 6.45) is 2.51. The zero-order valence-electron chi connectivity index (χ0n) is 16.5. The second kappa shape index (κ2) is 9.80. The minimum Gasteiger partial charge on any atom is -0.493 e. The number of likely N-dealkylation sites (tertiary alicyclic amines) is 1. The minimum absolute atomic E-state index is 0.0184. The van der Waals surface area contributed by atoms with Crippen LogP contribution in [0.3, 0.4) is 0 Å². The first-order chi connectivity index (χ1) is 13.6. The number of carbonyl (C=O) groups is 1. The van der Waals surface area contributed by atoms with E-state index in [4.69, 9.17) is 21.1 Å². The van der Waals surface area contributed by atoms with Crippen LogP contribution in [0.15, 0.2) is 42.5 Å². The number of hydrogen-bond donors (Lipinski definition) is 0. The molecule has 0 bridgehead atoms. The molecule has 2 aromatic carbocycles. The van der Waals surface area contributed by atoms with E-state index in [0.29, 0.717) is 35.2 Å². The van der Waals surface area contributed by atoms with E-state index in [1.807, 2.05) is 31.3 Å². The van der Waals surface area contributed by atoms with Crippen molar-refractivity contribution in [2.45, 2.75) is 19.4 Å². The maximum Gasteiger partial charge on any atom is 0.253 e. The van der Waals surface area contributed by atoms with E-state index in [0.717, 1.165) is 25.2 Å². The second-order valence-electron chi connectivity index (χ2n) is 7.02. The summed E-state index contributed by atoms with van der Waals surface area (Å²) in [4.78, 5) is 16.9. The van der Waals surface area contributed by atoms with Crippen molar-refractivity contribution in [2.24, 2.45) is 0 Å². The molecular formula is C22H27ClN2O3. The number of carbonyl (C=O) groups excluding carboxylic acids is 1. The molecule has 1 heterocycles. The summed E-state index contributed by atoms with van der Waals surface area (Å²) < 4.78 is 11.3. The zero-order chi connectivity index (χ0) is 19.9. The van der Waals surface area contributed by atoms with Gasteiger partial charge in [-0.1, -0.05) is 29.8 Å². The van der Waals surface area contributed by atoms with Gasteiger partial charge < -0.3 is 19.3 Å². The van der Waals surface area contributed by atoms with E-state index in [-0.39, 0.29) is 5.91 Å². The molecule has 5 nitrogen and oxygen atoms in total. The fourth-order valence-corrected chi connectivity index (χ4v) is 3.50. The van der Waals surface area contributed by atoms with Crippen molar-refractivity contribution >= 4 is 17.5 Å². The average Bonchev–Trinajstić information content (AvgIpc) is 3.24. The Kier molecular flexibility index (Phi) is 7.18. The molecule has 150 valence electrons. The topological polar surface area (TPSA) is 42.0 Å². The maximum absolute atomic E-state index is 12.7. The van der Waals surface area contributed by atoms with Crippen molar-refractivity contribution in [1.29, 1.82) is 0 Å². The van der Waals surface area contributed by atoms with Crippen LogP contribution in [0.5, 0.6) is 11.5 Å². The van der Waals surface area contributed by atoms with Crippen molar-refractivity contribution in [3.8, 4) is 11.5 Å². The van der Waals surface area contributed by atoms with Crippen molar-refractivity contribution in [2.75, 3.05) is 40.3 Å². The molecule has 1 saturated heterocycles. The van der Waals surface area contributed by atoms with Gasteiger partial charge in [0.25, 0.3) is 5.91 Å². The molecule has 3 rings (SSSR count). The number of hydrogen-bond acceptors (Lipinski definition) is 4. The highest BCUT2D eigenvalue weighted by atomic mass is 35.5. The van der Waals surface area contributed by atoms with Gasteiger partial charge in [-0.2, -0.15) is 0 Å². The molecular weight excluding hydrogens is 376 g/mol. The van der Waals surface area contributed by atoms with Crippen molar-refractivity contribution in [1.82, 2.24) is 9.80 Å². The number of nitrogens with zero attached hydrogens (tertiary/aromatic N) is 2. The fraction of sp³-hybridized carbons (Fsp3) is 0.409. The smallest absolute Gasteiger partial charge is 0.253 e. The van der Waals surface area contributed by atoms with Gasteiger partial charge in [-0.15, -0.1) is 0 Å². The molecule has 0 aromatic heterocycles. The van der Waals surface area contributed by atoms with Crippen molar-refractivity contribution < 1.29 is 14.3 Å². The third-order valence-corrected chi connectivity index (χ3v) is 5.42. The average molecular weight is 403 g/mol. The highest BCUT2D eigenvalue weighted by Crippen LogP contribution is 2.30. The van der Waals surface area contributed by atoms with Crippen LogP contribution in [0, 0.1) is 0 Å². The van der Waals surface area contributed by atoms with Gasteiger partial charge in [0.2, 0.25) is 0 Å². The summed E-state index contributed by atoms with van der Waals surface area (Å²) in [6, 6.07) is 12.8. The van der Waals surface area contributed by atoms with Crippen LogP contribution < -0.4 is 9.47 Å². The van der Waals surface area contributed by atoms with E-state index in [9.17, 15) is 4.79 Å². The molecule has 0 N–H and O–H groups in total. The first-order valence-corrected chi connectivity index (χ1v) is 9.98. The molecule has 0 aliphatic carbocycles. The summed E-state index contributed by atoms with van der Waals surface area (Å²) in [7, 11) is 3.41. The largest absolute Gasteiger partial charge is 0.493 e. The normalized spacial score (nSPS) is 14.1. The zero-order valence-corrected chi connectivity index (χ0v) is 17.2. The van der Waals surface area contributed by atoms with Crippen molar-refractivity contribution in [3.63, 3.8) is 0 Å². The molecule has 0 unspecified atom stereocenters. The van der Waals surface area contributed by atoms with E-state index < -0.39 is 0 Å². The van der Waals surface area contributed by atoms with E-state index in [1.165, 1.54) is 12.8 Å². The van der Waals surface area contributed by atoms with Gasteiger partial charge in [0, 0.05) is 36.3 Å². The Hall–Kier alpha value is -2.24. The highest BCUT2D eigenvalue weighted by molar-refractivity contribution is 6.31. The summed E-state index contributed by atoms with van der Waals surface area (Å²) in [5.41, 5.74) is 1.49. The van der Waals surface area contributed by atoms with Crippen molar-refractivity contribution in [3.05, 3.63) is 58.6 Å². The molecule has 0 saturated carbocycles. The Labute approximate surface area is 171 Å². The summed E-state index contributed by atoms with van der Waals surface area (Å²) in [5.74, 6) is 1.10. The molecule has 2 aromatic rings. The van der Waals surface area contributed by atoms with Crippen LogP contribution in [0.1, 0.15) is 28.8 Å². The molecule has 6 heteroatoms. The van der Waals surface area contributed by atoms with Crippen LogP contribution in [0.25, 0.3) is 0 Å². The quantitative estimate of drug-likeness (QED) is 0.666. The lowest BCUT2D eigenvalue weighted by atomic mass is 10.1. The molecule has 1 aliphatic heterocycles. The Balaban J connectivity index is 1.62. The maximum atomic E-state index is 12.7. The molecule has 0 atom stereocenters. The van der Waals surface area contributed by atoms with Crippen LogP contribution in [0.2, 0.25) is 5.02 Å². The number of methoxy groups -OCH3 is 1. The summed E-state index contributed by atoms with van der Waals surface area (Å²) >= 11 is 6.18. The fourth-order valence-electron chi connectivity index (χ4n) is 3.31. The number of amides is 1. The predicted octanol–water partition coefficient (Wildman–Crippen LogP) is 4.10. The highest BCUT2D eigenvalue weighted by Gasteiger charge is 2.17. The van der Waals surface area contributed by atoms with Gasteiger partial charge in [-0.25, -0.2) is 0 Å². The van der Waals surface area contributed by atoms with Gasteiger partial charge >= 0.3 is 0 Å². The van der Waals surface area contributed by atoms with Crippen LogP contribution in [-0.4, -0.2) is 56.0 Å². The molecule has 0 spiro atoms. The number of rotatable bonds is 8. The van der Waals surface area contributed by atoms with Crippen LogP contribution in [-0.2, 0) is 6.61 Å². The van der Waals surface area contributed by atoms with Crippen LogP contribution in [0.4, 0.5) is 0 Å². The number of ether oxygens (including phenoxy) is 2. The van der Waals surface area contributed by atoms with Crippen LogP contribution >= 0.6 is 11.6 Å². The third kappa shape index (κ3) is 5.18. The van der Waals surface area contributed by atoms with Gasteiger partial charge in [0.15, 0.2) is 11.5 Å². The van der Waals surface area contributed by atoms with Gasteiger partial charge in [0.1, 0.15) is 6.61 Å². The molecule has 1 fully saturated rings. The molecule has 28 heavy (non-hydrogen) atoms. The van der Waals surface area contributed by atoms with Gasteiger partial charge in [-0.05, 0) is 50.2 Å². The Morgan fingerprint density at radius 3 is 2.61 bits per heavy atom. The Bertz CT molecular complexity index is 806. The molecule has 1 amide bonds. The Morgan fingerprint density at radius 2 is 1.89 bits per heavy atom. The number of benzene rings is 2. The second-order valence-corrected chi connectivity index (χ2v) is 7.43. The predicted molar refractivity (Wildman–Crippen MR) is 111 cm³/mol. The first-order valence-electron chi connectivity index (χ1n) is 9.60. The lowest BCUT2D eigenvalue weighted by Gasteiger charge is -2.22. The van der Waals surface area contributed by atoms with Gasteiger partial charge in [0.05, 0.1) is 7.11 Å². The van der Waals surface area contributed by atoms with E-state index >= 15 is 0 Å². The molecule has 1 aliphatic rings. The standard InChI is InChI=1S/C22H27ClN2O3/c1-24(13-14-25-11-5-6-12-25)22(26)17-9-10-20(21(15-17)27-2)28-16-18-7-3-4-8-19(18)23/h3-4,7-10,15H,5-6,11-14,16H2,1-2H3. The third-order valence-electron chi connectivity index (χ3n) is 5.05. The monoisotopic (exact) mass is 402 g/mol. The summed E-state index contributed by atoms with van der Waals surface area (Å²) in [6.45, 7) is 4.23.